The first-order valence-electron chi connectivity index (χ1n) is 5.75. The van der Waals surface area contributed by atoms with Crippen LogP contribution in [-0.4, -0.2) is 31.0 Å². The number of hydrogen-bond acceptors (Lipinski definition) is 5. The number of rotatable bonds is 2. The van der Waals surface area contributed by atoms with E-state index in [0.717, 1.165) is 25.7 Å². The maximum absolute atomic E-state index is 12.4. The van der Waals surface area contributed by atoms with Gasteiger partial charge < -0.3 is 10.3 Å². The van der Waals surface area contributed by atoms with Crippen molar-refractivity contribution in [1.82, 2.24) is 9.46 Å². The van der Waals surface area contributed by atoms with E-state index in [9.17, 15) is 8.42 Å². The number of sulfonamides is 1. The molecule has 2 N–H and O–H groups in total. The summed E-state index contributed by atoms with van der Waals surface area (Å²) in [6.07, 6.45) is 3.93. The number of hydrogen-bond donors (Lipinski definition) is 1. The van der Waals surface area contributed by atoms with E-state index in [1.807, 2.05) is 0 Å². The van der Waals surface area contributed by atoms with Crippen LogP contribution < -0.4 is 5.73 Å². The standard InChI is InChI=1S/C10H17N3O3S/c1-8-9(10(11)12-16-8)17(14,15)13-6-4-2-3-5-7-13/h2-7H2,1H3,(H2,11,12). The van der Waals surface area contributed by atoms with Crippen LogP contribution in [0.15, 0.2) is 9.42 Å². The van der Waals surface area contributed by atoms with Crippen LogP contribution >= 0.6 is 0 Å². The smallest absolute Gasteiger partial charge is 0.250 e. The van der Waals surface area contributed by atoms with Crippen LogP contribution in [0.2, 0.25) is 0 Å². The topological polar surface area (TPSA) is 89.4 Å². The van der Waals surface area contributed by atoms with Crippen LogP contribution in [0.5, 0.6) is 0 Å². The van der Waals surface area contributed by atoms with Crippen molar-refractivity contribution in [2.24, 2.45) is 0 Å². The second kappa shape index (κ2) is 4.66. The van der Waals surface area contributed by atoms with Crippen molar-refractivity contribution < 1.29 is 12.9 Å². The van der Waals surface area contributed by atoms with Crippen molar-refractivity contribution in [3.63, 3.8) is 0 Å². The van der Waals surface area contributed by atoms with E-state index in [4.69, 9.17) is 10.3 Å². The normalized spacial score (nSPS) is 19.1. The Morgan fingerprint density at radius 2 is 1.82 bits per heavy atom. The monoisotopic (exact) mass is 259 g/mol. The SMILES string of the molecule is Cc1onc(N)c1S(=O)(=O)N1CCCCCC1. The van der Waals surface area contributed by atoms with Gasteiger partial charge >= 0.3 is 0 Å². The lowest BCUT2D eigenvalue weighted by Gasteiger charge is -2.19. The second-order valence-corrected chi connectivity index (χ2v) is 6.15. The molecule has 0 radical (unpaired) electrons. The molecule has 0 aliphatic carbocycles. The molecule has 1 aliphatic rings. The first-order valence-corrected chi connectivity index (χ1v) is 7.19. The lowest BCUT2D eigenvalue weighted by Crippen LogP contribution is -2.32. The van der Waals surface area contributed by atoms with Gasteiger partial charge in [-0.05, 0) is 19.8 Å². The first kappa shape index (κ1) is 12.4. The molecule has 0 spiro atoms. The van der Waals surface area contributed by atoms with Gasteiger partial charge in [0.05, 0.1) is 0 Å². The fraction of sp³-hybridized carbons (Fsp3) is 0.700. The van der Waals surface area contributed by atoms with Gasteiger partial charge in [-0.15, -0.1) is 0 Å². The number of nitrogens with two attached hydrogens (primary N) is 1. The largest absolute Gasteiger partial charge is 0.380 e. The maximum atomic E-state index is 12.4. The summed E-state index contributed by atoms with van der Waals surface area (Å²) in [5.74, 6) is 0.207. The van der Waals surface area contributed by atoms with E-state index in [1.54, 1.807) is 6.92 Å². The Hall–Kier alpha value is -1.08. The molecule has 0 bridgehead atoms. The van der Waals surface area contributed by atoms with E-state index in [1.165, 1.54) is 4.31 Å². The Morgan fingerprint density at radius 3 is 2.29 bits per heavy atom. The molecule has 0 saturated carbocycles. The minimum Gasteiger partial charge on any atom is -0.380 e. The number of anilines is 1. The molecular formula is C10H17N3O3S. The molecule has 1 aliphatic heterocycles. The molecule has 1 fully saturated rings. The highest BCUT2D eigenvalue weighted by Crippen LogP contribution is 2.27. The molecule has 1 saturated heterocycles. The van der Waals surface area contributed by atoms with Gasteiger partial charge in [-0.1, -0.05) is 18.0 Å². The fourth-order valence-corrected chi connectivity index (χ4v) is 3.81. The third-order valence-corrected chi connectivity index (χ3v) is 5.05. The highest BCUT2D eigenvalue weighted by Gasteiger charge is 2.31. The predicted molar refractivity (Wildman–Crippen MR) is 62.9 cm³/mol. The van der Waals surface area contributed by atoms with Crippen LogP contribution in [0.1, 0.15) is 31.4 Å². The minimum atomic E-state index is -3.55. The van der Waals surface area contributed by atoms with Crippen molar-refractivity contribution in [3.8, 4) is 0 Å². The van der Waals surface area contributed by atoms with Crippen LogP contribution in [0.4, 0.5) is 5.82 Å². The van der Waals surface area contributed by atoms with Gasteiger partial charge in [0.1, 0.15) is 0 Å². The van der Waals surface area contributed by atoms with Gasteiger partial charge in [-0.3, -0.25) is 0 Å². The molecule has 0 aromatic carbocycles. The average Bonchev–Trinajstić information content (AvgIpc) is 2.53. The fourth-order valence-electron chi connectivity index (χ4n) is 2.11. The first-order chi connectivity index (χ1) is 8.03. The molecular weight excluding hydrogens is 242 g/mol. The van der Waals surface area contributed by atoms with Crippen LogP contribution in [0.25, 0.3) is 0 Å². The summed E-state index contributed by atoms with van der Waals surface area (Å²) in [7, 11) is -3.55. The Balaban J connectivity index is 2.35. The van der Waals surface area contributed by atoms with Crippen molar-refractivity contribution in [2.45, 2.75) is 37.5 Å². The second-order valence-electron chi connectivity index (χ2n) is 4.27. The van der Waals surface area contributed by atoms with Gasteiger partial charge in [0.2, 0.25) is 10.0 Å². The van der Waals surface area contributed by atoms with Crippen LogP contribution in [0.3, 0.4) is 0 Å². The van der Waals surface area contributed by atoms with Gasteiger partial charge in [0.15, 0.2) is 16.5 Å². The third-order valence-electron chi connectivity index (χ3n) is 3.00. The molecule has 6 nitrogen and oxygen atoms in total. The van der Waals surface area contributed by atoms with Gasteiger partial charge in [0, 0.05) is 13.1 Å². The number of aryl methyl sites for hydroxylation is 1. The zero-order valence-corrected chi connectivity index (χ0v) is 10.7. The summed E-state index contributed by atoms with van der Waals surface area (Å²) < 4.78 is 31.1. The zero-order valence-electron chi connectivity index (χ0n) is 9.85. The van der Waals surface area contributed by atoms with Crippen LogP contribution in [0, 0.1) is 6.92 Å². The molecule has 0 amide bonds. The Kier molecular flexibility index (Phi) is 3.39. The lowest BCUT2D eigenvalue weighted by molar-refractivity contribution is 0.392. The summed E-state index contributed by atoms with van der Waals surface area (Å²) in [6.45, 7) is 2.66. The highest BCUT2D eigenvalue weighted by atomic mass is 32.2. The zero-order chi connectivity index (χ0) is 12.5. The van der Waals surface area contributed by atoms with Gasteiger partial charge in [-0.2, -0.15) is 4.31 Å². The summed E-state index contributed by atoms with van der Waals surface area (Å²) in [4.78, 5) is 0.0272. The minimum absolute atomic E-state index is 0.0272. The predicted octanol–water partition coefficient (Wildman–Crippen LogP) is 1.13. The molecule has 7 heteroatoms. The van der Waals surface area contributed by atoms with Crippen molar-refractivity contribution in [1.29, 1.82) is 0 Å². The van der Waals surface area contributed by atoms with E-state index in [0.29, 0.717) is 13.1 Å². The molecule has 1 aromatic rings. The van der Waals surface area contributed by atoms with E-state index < -0.39 is 10.0 Å². The van der Waals surface area contributed by atoms with Crippen molar-refractivity contribution in [2.75, 3.05) is 18.8 Å². The Labute approximate surface area is 101 Å². The van der Waals surface area contributed by atoms with Crippen LogP contribution in [-0.2, 0) is 10.0 Å². The number of nitrogens with zero attached hydrogens (tertiary/aromatic N) is 2. The quantitative estimate of drug-likeness (QED) is 0.860. The molecule has 96 valence electrons. The van der Waals surface area contributed by atoms with Gasteiger partial charge in [0.25, 0.3) is 0 Å². The third kappa shape index (κ3) is 2.30. The molecule has 0 atom stereocenters. The van der Waals surface area contributed by atoms with Crippen molar-refractivity contribution in [3.05, 3.63) is 5.76 Å². The summed E-state index contributed by atoms with van der Waals surface area (Å²) in [5, 5.41) is 3.50. The average molecular weight is 259 g/mol. The summed E-state index contributed by atoms with van der Waals surface area (Å²) >= 11 is 0. The summed E-state index contributed by atoms with van der Waals surface area (Å²) in [6, 6.07) is 0. The molecule has 2 rings (SSSR count). The highest BCUT2D eigenvalue weighted by molar-refractivity contribution is 7.89. The van der Waals surface area contributed by atoms with Crippen molar-refractivity contribution >= 4 is 15.8 Å². The molecule has 17 heavy (non-hydrogen) atoms. The number of aromatic nitrogens is 1. The van der Waals surface area contributed by atoms with E-state index in [-0.39, 0.29) is 16.5 Å². The lowest BCUT2D eigenvalue weighted by atomic mass is 10.2. The van der Waals surface area contributed by atoms with E-state index in [2.05, 4.69) is 5.16 Å². The molecule has 1 aromatic heterocycles. The summed E-state index contributed by atoms with van der Waals surface area (Å²) in [5.41, 5.74) is 5.56. The van der Waals surface area contributed by atoms with E-state index >= 15 is 0 Å². The molecule has 0 unspecified atom stereocenters. The maximum Gasteiger partial charge on any atom is 0.250 e. The van der Waals surface area contributed by atoms with Gasteiger partial charge in [-0.25, -0.2) is 8.42 Å². The Bertz CT molecular complexity index is 467. The molecule has 2 heterocycles. The number of nitrogen functional groups attached to an aromatic ring is 1. The Morgan fingerprint density at radius 1 is 1.24 bits per heavy atom.